The van der Waals surface area contributed by atoms with Gasteiger partial charge in [-0.1, -0.05) is 58.0 Å². The topological polar surface area (TPSA) is 464 Å². The van der Waals surface area contributed by atoms with Gasteiger partial charge in [-0.15, -0.1) is 0 Å². The number of nitrogens with zero attached hydrogens (tertiary/aromatic N) is 2. The van der Waals surface area contributed by atoms with Crippen molar-refractivity contribution < 1.29 is 57.8 Å². The van der Waals surface area contributed by atoms with E-state index in [-0.39, 0.29) is 74.8 Å². The number of hydrogen-bond donors (Lipinski definition) is 14. The number of phenolic OH excluding ortho intramolecular Hbond substituents is 1. The first kappa shape index (κ1) is 59.2. The molecule has 3 aliphatic rings. The van der Waals surface area contributed by atoms with Crippen molar-refractivity contribution in [1.82, 2.24) is 42.1 Å². The summed E-state index contributed by atoms with van der Waals surface area (Å²) in [5, 5.41) is 28.1. The van der Waals surface area contributed by atoms with E-state index < -0.39 is 139 Å². The Balaban J connectivity index is 1.49. The lowest BCUT2D eigenvalue weighted by Crippen LogP contribution is -2.66. The Kier molecular flexibility index (Phi) is 21.6. The van der Waals surface area contributed by atoms with E-state index in [9.17, 15) is 57.8 Å². The van der Waals surface area contributed by atoms with Gasteiger partial charge < -0.3 is 81.6 Å². The zero-order chi connectivity index (χ0) is 55.7. The molecule has 2 aliphatic heterocycles. The fraction of sp³-hybridized carbons (Fsp3) is 0.489. The molecule has 27 nitrogen and oxygen atoms in total. The summed E-state index contributed by atoms with van der Waals surface area (Å²) in [6.45, 7) is -0.440. The van der Waals surface area contributed by atoms with Gasteiger partial charge in [0.05, 0.1) is 19.0 Å². The number of aliphatic imine (C=N–C) groups is 1. The molecule has 1 aliphatic carbocycles. The summed E-state index contributed by atoms with van der Waals surface area (Å²) in [6, 6.07) is 2.80. The summed E-state index contributed by atoms with van der Waals surface area (Å²) in [6.07, 6.45) is -1.39. The minimum Gasteiger partial charge on any atom is -0.508 e. The predicted molar refractivity (Wildman–Crippen MR) is 278 cm³/mol. The highest BCUT2D eigenvalue weighted by Crippen LogP contribution is 2.32. The van der Waals surface area contributed by atoms with Gasteiger partial charge in [0.2, 0.25) is 65.0 Å². The Morgan fingerprint density at radius 3 is 2.05 bits per heavy atom. The Morgan fingerprint density at radius 2 is 1.42 bits per heavy atom. The van der Waals surface area contributed by atoms with Gasteiger partial charge in [-0.3, -0.25) is 57.7 Å². The minimum absolute atomic E-state index is 0.00192. The lowest BCUT2D eigenvalue weighted by atomic mass is 9.92. The molecular weight excluding hydrogens is 1030 g/mol. The van der Waals surface area contributed by atoms with Crippen LogP contribution in [0.3, 0.4) is 0 Å². The number of hydrogen-bond acceptors (Lipinski definition) is 16. The highest BCUT2D eigenvalue weighted by Gasteiger charge is 2.48. The fourth-order valence-corrected chi connectivity index (χ4v) is 11.0. The Labute approximate surface area is 444 Å². The molecule has 2 aromatic rings. The number of likely N-dealkylation sites (tertiary alicyclic amines) is 1. The molecule has 11 amide bonds. The molecule has 0 aromatic heterocycles. The van der Waals surface area contributed by atoms with Crippen molar-refractivity contribution in [2.24, 2.45) is 39.4 Å². The monoisotopic (exact) mass is 1100 g/mol. The van der Waals surface area contributed by atoms with E-state index >= 15 is 0 Å². The van der Waals surface area contributed by atoms with Crippen LogP contribution in [0, 0.1) is 0 Å². The number of carbonyl (C=O) groups excluding carboxylic acids is 11. The van der Waals surface area contributed by atoms with E-state index in [2.05, 4.69) is 42.2 Å². The molecule has 0 radical (unpaired) electrons. The normalized spacial score (nSPS) is 22.8. The Morgan fingerprint density at radius 1 is 0.776 bits per heavy atom. The number of phenols is 1. The molecule has 2 fully saturated rings. The largest absolute Gasteiger partial charge is 0.508 e. The van der Waals surface area contributed by atoms with Gasteiger partial charge >= 0.3 is 0 Å². The lowest BCUT2D eigenvalue weighted by molar-refractivity contribution is -0.142. The van der Waals surface area contributed by atoms with Crippen molar-refractivity contribution in [2.45, 2.75) is 112 Å². The summed E-state index contributed by atoms with van der Waals surface area (Å²) < 4.78 is 0. The van der Waals surface area contributed by atoms with Crippen LogP contribution in [0.15, 0.2) is 53.5 Å². The van der Waals surface area contributed by atoms with Crippen LogP contribution in [0.1, 0.15) is 61.6 Å². The van der Waals surface area contributed by atoms with Crippen LogP contribution in [-0.2, 0) is 72.0 Å². The van der Waals surface area contributed by atoms with Crippen LogP contribution in [0.5, 0.6) is 5.75 Å². The van der Waals surface area contributed by atoms with Gasteiger partial charge in [0.1, 0.15) is 47.5 Å². The van der Waals surface area contributed by atoms with E-state index in [1.165, 1.54) is 29.2 Å². The molecule has 0 unspecified atom stereocenters. The third-order valence-electron chi connectivity index (χ3n) is 12.6. The van der Waals surface area contributed by atoms with Crippen LogP contribution in [0.2, 0.25) is 0 Å². The molecule has 20 N–H and O–H groups in total. The van der Waals surface area contributed by atoms with E-state index in [0.29, 0.717) is 23.1 Å². The zero-order valence-electron chi connectivity index (χ0n) is 41.4. The van der Waals surface area contributed by atoms with Gasteiger partial charge in [-0.2, -0.15) is 0 Å². The average Bonchev–Trinajstić information content (AvgIpc) is 4.02. The first-order valence-corrected chi connectivity index (χ1v) is 26.7. The summed E-state index contributed by atoms with van der Waals surface area (Å²) >= 11 is 0. The molecule has 1 spiro atoms. The molecule has 5 rings (SSSR count). The fourth-order valence-electron chi connectivity index (χ4n) is 8.74. The van der Waals surface area contributed by atoms with Gasteiger partial charge in [0, 0.05) is 50.3 Å². The van der Waals surface area contributed by atoms with Crippen LogP contribution in [0.4, 0.5) is 0 Å². The first-order valence-electron chi connectivity index (χ1n) is 24.2. The van der Waals surface area contributed by atoms with Gasteiger partial charge in [-0.25, -0.2) is 0 Å². The standard InChI is InChI=1S/C47H65N15O12S2/c48-28-22-75-76-23-33(44(73)62-16-4-8-34(62)43(72)56-29(7-3-15-54-46(52)53)39(68)55-21-37(51)66)59-41(70)32(18-36(50)65)58-40(69)30(13-14-35(49)64)60-45(74)47(19-25-5-1-2-6-26(25)20-47)61-42(71)31(57-38(28)67)17-24-9-11-27(63)12-10-24/h1-2,5-6,9-12,28-34,63H,3-4,7-8,13-23,48H2,(H2,49,64)(H2,50,65)(H2,51,66)(H,55,68)(H,56,72)(H,57,67)(H,58,69)(H,59,70)(H,60,74)(H,61,71)(H4,52,53,54)/t28-,29+,30-,31-,32-,33-,34-/m0/s1. The molecule has 29 heteroatoms. The molecule has 2 heterocycles. The van der Waals surface area contributed by atoms with Crippen molar-refractivity contribution in [2.75, 3.05) is 31.1 Å². The maximum atomic E-state index is 14.8. The lowest BCUT2D eigenvalue weighted by Gasteiger charge is -2.33. The molecular formula is C47H65N15O12S2. The molecule has 0 bridgehead atoms. The van der Waals surface area contributed by atoms with Gasteiger partial charge in [0.25, 0.3) is 0 Å². The van der Waals surface area contributed by atoms with Gasteiger partial charge in [-0.05, 0) is 60.9 Å². The second kappa shape index (κ2) is 27.8. The van der Waals surface area contributed by atoms with E-state index in [0.717, 1.165) is 21.6 Å². The second-order valence-corrected chi connectivity index (χ2v) is 21.1. The Hall–Kier alpha value is -7.66. The summed E-state index contributed by atoms with van der Waals surface area (Å²) in [4.78, 5) is 155. The molecule has 412 valence electrons. The first-order chi connectivity index (χ1) is 36.0. The van der Waals surface area contributed by atoms with Crippen molar-refractivity contribution in [3.05, 3.63) is 65.2 Å². The number of aromatic hydroxyl groups is 1. The summed E-state index contributed by atoms with van der Waals surface area (Å²) in [5.41, 5.74) is 33.5. The van der Waals surface area contributed by atoms with Crippen LogP contribution in [0.25, 0.3) is 0 Å². The molecule has 7 atom stereocenters. The number of nitrogens with one attached hydrogen (secondary N) is 7. The third-order valence-corrected chi connectivity index (χ3v) is 15.1. The van der Waals surface area contributed by atoms with Crippen molar-refractivity contribution in [1.29, 1.82) is 0 Å². The van der Waals surface area contributed by atoms with Crippen LogP contribution < -0.4 is 71.6 Å². The molecule has 2 saturated heterocycles. The summed E-state index contributed by atoms with van der Waals surface area (Å²) in [5.74, 6) is -10.4. The van der Waals surface area contributed by atoms with E-state index in [4.69, 9.17) is 34.4 Å². The number of rotatable bonds is 17. The second-order valence-electron chi connectivity index (χ2n) is 18.5. The SMILES string of the molecule is NC(=O)CC[C@@H]1NC(=O)C2(Cc3ccccc3C2)NC(=O)[C@H](Cc2ccc(O)cc2)NC(=O)[C@@H](N)CSSC[C@@H](C(=O)N2CCC[C@H]2C(=O)N[C@H](CCCN=C(N)N)C(=O)NCC(N)=O)NC(=O)[C@H](CC(N)=O)NC1=O. The van der Waals surface area contributed by atoms with Crippen molar-refractivity contribution in [3.63, 3.8) is 0 Å². The molecule has 2 aromatic carbocycles. The number of amides is 11. The van der Waals surface area contributed by atoms with E-state index in [1.807, 2.05) is 0 Å². The molecule has 0 saturated carbocycles. The maximum Gasteiger partial charge on any atom is 0.247 e. The van der Waals surface area contributed by atoms with Gasteiger partial charge in [0.15, 0.2) is 5.96 Å². The van der Waals surface area contributed by atoms with Crippen molar-refractivity contribution >= 4 is 92.5 Å². The number of nitrogens with two attached hydrogens (primary N) is 6. The number of fused-ring (bicyclic) bond motifs is 1. The minimum atomic E-state index is -1.81. The van der Waals surface area contributed by atoms with Crippen molar-refractivity contribution in [3.8, 4) is 5.75 Å². The maximum absolute atomic E-state index is 14.8. The number of guanidine groups is 1. The number of benzene rings is 2. The van der Waals surface area contributed by atoms with E-state index in [1.54, 1.807) is 24.3 Å². The number of carbonyl (C=O) groups is 11. The highest BCUT2D eigenvalue weighted by atomic mass is 33.1. The quantitative estimate of drug-likeness (QED) is 0.0304. The molecule has 76 heavy (non-hydrogen) atoms. The number of primary amides is 3. The van der Waals surface area contributed by atoms with Crippen LogP contribution in [-0.4, -0.2) is 160 Å². The smallest absolute Gasteiger partial charge is 0.247 e. The van der Waals surface area contributed by atoms with Crippen LogP contribution >= 0.6 is 21.6 Å². The third kappa shape index (κ3) is 17.2. The highest BCUT2D eigenvalue weighted by molar-refractivity contribution is 8.76. The Bertz CT molecular complexity index is 2530. The average molecular weight is 1100 g/mol. The predicted octanol–water partition coefficient (Wildman–Crippen LogP) is -5.48. The summed E-state index contributed by atoms with van der Waals surface area (Å²) in [7, 11) is 2.01. The zero-order valence-corrected chi connectivity index (χ0v) is 43.0.